The summed E-state index contributed by atoms with van der Waals surface area (Å²) < 4.78 is 11.4. The van der Waals surface area contributed by atoms with Crippen LogP contribution in [0.25, 0.3) is 11.1 Å². The van der Waals surface area contributed by atoms with E-state index in [1.807, 2.05) is 47.4 Å². The van der Waals surface area contributed by atoms with Gasteiger partial charge in [-0.05, 0) is 11.6 Å². The minimum absolute atomic E-state index is 0.308. The summed E-state index contributed by atoms with van der Waals surface area (Å²) in [6, 6.07) is 16.7. The summed E-state index contributed by atoms with van der Waals surface area (Å²) in [7, 11) is 1.30. The van der Waals surface area contributed by atoms with Gasteiger partial charge in [-0.15, -0.1) is 0 Å². The number of H-pyrrole nitrogens is 1. The number of anilines is 1. The zero-order valence-corrected chi connectivity index (χ0v) is 16.1. The van der Waals surface area contributed by atoms with Gasteiger partial charge in [-0.2, -0.15) is 0 Å². The number of nitrogens with two attached hydrogens (primary N) is 1. The van der Waals surface area contributed by atoms with Gasteiger partial charge >= 0.3 is 11.7 Å². The Morgan fingerprint density at radius 1 is 1.00 bits per heavy atom. The Bertz CT molecular complexity index is 1200. The minimum atomic E-state index is -0.940. The number of nitrogen functional groups attached to an aromatic ring is 1. The largest absolute Gasteiger partial charge is 0.481 e. The molecule has 9 nitrogen and oxygen atoms in total. The molecule has 1 heterocycles. The second-order valence-corrected chi connectivity index (χ2v) is 6.31. The Kier molecular flexibility index (Phi) is 6.11. The molecular weight excluding hydrogens is 390 g/mol. The lowest BCUT2D eigenvalue weighted by Gasteiger charge is -2.11. The molecule has 0 aliphatic heterocycles. The first kappa shape index (κ1) is 20.6. The summed E-state index contributed by atoms with van der Waals surface area (Å²) >= 11 is 0. The standard InChI is InChI=1S/C21H19N3O6/c1-24-19(22)18(20(27)23-21(24)28)15(25)11-30-17(26)12-29-16-10-6-5-9-14(16)13-7-3-2-4-8-13/h2-10H,11-12,22H2,1H3,(H,23,27,28). The number of aromatic nitrogens is 2. The maximum Gasteiger partial charge on any atom is 0.344 e. The highest BCUT2D eigenvalue weighted by atomic mass is 16.6. The van der Waals surface area contributed by atoms with Gasteiger partial charge in [0.1, 0.15) is 17.1 Å². The number of nitrogens with zero attached hydrogens (tertiary/aromatic N) is 1. The number of nitrogens with one attached hydrogen (secondary N) is 1. The summed E-state index contributed by atoms with van der Waals surface area (Å²) in [6.45, 7) is -1.15. The van der Waals surface area contributed by atoms with Crippen molar-refractivity contribution in [3.63, 3.8) is 0 Å². The van der Waals surface area contributed by atoms with Crippen molar-refractivity contribution >= 4 is 17.6 Å². The summed E-state index contributed by atoms with van der Waals surface area (Å²) in [4.78, 5) is 49.5. The Balaban J connectivity index is 1.63. The van der Waals surface area contributed by atoms with Gasteiger partial charge < -0.3 is 15.2 Å². The van der Waals surface area contributed by atoms with E-state index in [1.165, 1.54) is 7.05 Å². The van der Waals surface area contributed by atoms with Crippen LogP contribution in [0.15, 0.2) is 64.2 Å². The zero-order valence-electron chi connectivity index (χ0n) is 16.1. The van der Waals surface area contributed by atoms with Crippen LogP contribution in [0.4, 0.5) is 5.82 Å². The Morgan fingerprint density at radius 2 is 1.67 bits per heavy atom. The zero-order chi connectivity index (χ0) is 21.7. The summed E-state index contributed by atoms with van der Waals surface area (Å²) in [5.74, 6) is -1.46. The van der Waals surface area contributed by atoms with Crippen LogP contribution in [0, 0.1) is 0 Å². The Hall–Kier alpha value is -4.14. The van der Waals surface area contributed by atoms with Crippen molar-refractivity contribution < 1.29 is 19.1 Å². The average Bonchev–Trinajstić information content (AvgIpc) is 2.75. The fourth-order valence-electron chi connectivity index (χ4n) is 2.75. The van der Waals surface area contributed by atoms with Crippen molar-refractivity contribution in [2.24, 2.45) is 7.05 Å². The highest BCUT2D eigenvalue weighted by molar-refractivity contribution is 6.01. The van der Waals surface area contributed by atoms with E-state index in [4.69, 9.17) is 15.2 Å². The van der Waals surface area contributed by atoms with Crippen molar-refractivity contribution in [3.8, 4) is 16.9 Å². The number of esters is 1. The summed E-state index contributed by atoms with van der Waals surface area (Å²) in [6.07, 6.45) is 0. The fourth-order valence-corrected chi connectivity index (χ4v) is 2.75. The van der Waals surface area contributed by atoms with E-state index in [1.54, 1.807) is 12.1 Å². The predicted molar refractivity (Wildman–Crippen MR) is 109 cm³/mol. The maximum absolute atomic E-state index is 12.2. The molecule has 0 aliphatic carbocycles. The van der Waals surface area contributed by atoms with Gasteiger partial charge in [0.05, 0.1) is 0 Å². The molecule has 0 saturated carbocycles. The van der Waals surface area contributed by atoms with Crippen LogP contribution in [-0.2, 0) is 16.6 Å². The first-order valence-electron chi connectivity index (χ1n) is 8.93. The number of carbonyl (C=O) groups is 2. The SMILES string of the molecule is Cn1c(N)c(C(=O)COC(=O)COc2ccccc2-c2ccccc2)c(=O)[nH]c1=O. The lowest BCUT2D eigenvalue weighted by molar-refractivity contribution is -0.144. The summed E-state index contributed by atoms with van der Waals surface area (Å²) in [5, 5.41) is 0. The Labute approximate surface area is 170 Å². The van der Waals surface area contributed by atoms with Crippen molar-refractivity contribution in [2.45, 2.75) is 0 Å². The van der Waals surface area contributed by atoms with Crippen LogP contribution in [0.1, 0.15) is 10.4 Å². The molecule has 0 unspecified atom stereocenters. The van der Waals surface area contributed by atoms with Gasteiger partial charge in [-0.3, -0.25) is 19.1 Å². The molecule has 30 heavy (non-hydrogen) atoms. The number of hydrogen-bond acceptors (Lipinski definition) is 7. The number of ether oxygens (including phenoxy) is 2. The number of para-hydroxylation sites is 1. The van der Waals surface area contributed by atoms with Crippen LogP contribution in [0.3, 0.4) is 0 Å². The number of benzene rings is 2. The third-order valence-electron chi connectivity index (χ3n) is 4.33. The summed E-state index contributed by atoms with van der Waals surface area (Å²) in [5.41, 5.74) is 5.23. The molecule has 0 amide bonds. The average molecular weight is 409 g/mol. The van der Waals surface area contributed by atoms with Gasteiger partial charge in [0.25, 0.3) is 5.56 Å². The number of hydrogen-bond donors (Lipinski definition) is 2. The third kappa shape index (κ3) is 4.46. The van der Waals surface area contributed by atoms with Gasteiger partial charge in [0.15, 0.2) is 13.2 Å². The smallest absolute Gasteiger partial charge is 0.344 e. The monoisotopic (exact) mass is 409 g/mol. The molecular formula is C21H19N3O6. The molecule has 3 N–H and O–H groups in total. The number of aromatic amines is 1. The molecule has 0 bridgehead atoms. The second-order valence-electron chi connectivity index (χ2n) is 6.31. The molecule has 0 spiro atoms. The molecule has 0 aliphatic rings. The lowest BCUT2D eigenvalue weighted by Crippen LogP contribution is -2.36. The third-order valence-corrected chi connectivity index (χ3v) is 4.33. The molecule has 9 heteroatoms. The maximum atomic E-state index is 12.2. The quantitative estimate of drug-likeness (QED) is 0.441. The second kappa shape index (κ2) is 8.91. The number of carbonyl (C=O) groups excluding carboxylic acids is 2. The first-order chi connectivity index (χ1) is 14.4. The van der Waals surface area contributed by atoms with Crippen LogP contribution in [0.2, 0.25) is 0 Å². The minimum Gasteiger partial charge on any atom is -0.481 e. The molecule has 0 saturated heterocycles. The lowest BCUT2D eigenvalue weighted by atomic mass is 10.1. The number of ketones is 1. The molecule has 3 aromatic rings. The van der Waals surface area contributed by atoms with E-state index in [2.05, 4.69) is 0 Å². The molecule has 1 aromatic heterocycles. The highest BCUT2D eigenvalue weighted by Crippen LogP contribution is 2.29. The van der Waals surface area contributed by atoms with Gasteiger partial charge in [-0.25, -0.2) is 9.59 Å². The Morgan fingerprint density at radius 3 is 2.40 bits per heavy atom. The van der Waals surface area contributed by atoms with E-state index >= 15 is 0 Å². The normalized spacial score (nSPS) is 10.4. The molecule has 0 fully saturated rings. The number of Topliss-reactive ketones (excluding diaryl/α,β-unsaturated/α-hetero) is 1. The molecule has 2 aromatic carbocycles. The van der Waals surface area contributed by atoms with Gasteiger partial charge in [-0.1, -0.05) is 48.5 Å². The van der Waals surface area contributed by atoms with E-state index in [-0.39, 0.29) is 5.82 Å². The van der Waals surface area contributed by atoms with E-state index in [9.17, 15) is 19.2 Å². The predicted octanol–water partition coefficient (Wildman–Crippen LogP) is 1.13. The fraction of sp³-hybridized carbons (Fsp3) is 0.143. The van der Waals surface area contributed by atoms with Crippen molar-refractivity contribution in [1.29, 1.82) is 0 Å². The van der Waals surface area contributed by atoms with Crippen LogP contribution in [-0.4, -0.2) is 34.5 Å². The van der Waals surface area contributed by atoms with E-state index in [0.29, 0.717) is 5.75 Å². The molecule has 3 rings (SSSR count). The van der Waals surface area contributed by atoms with Gasteiger partial charge in [0.2, 0.25) is 5.78 Å². The van der Waals surface area contributed by atoms with Gasteiger partial charge in [0, 0.05) is 12.6 Å². The molecule has 0 radical (unpaired) electrons. The van der Waals surface area contributed by atoms with Crippen LogP contribution >= 0.6 is 0 Å². The topological polar surface area (TPSA) is 133 Å². The number of rotatable bonds is 7. The van der Waals surface area contributed by atoms with Crippen LogP contribution in [0.5, 0.6) is 5.75 Å². The van der Waals surface area contributed by atoms with Crippen molar-refractivity contribution in [3.05, 3.63) is 81.0 Å². The van der Waals surface area contributed by atoms with E-state index in [0.717, 1.165) is 15.7 Å². The van der Waals surface area contributed by atoms with Crippen LogP contribution < -0.4 is 21.7 Å². The first-order valence-corrected chi connectivity index (χ1v) is 8.93. The molecule has 154 valence electrons. The highest BCUT2D eigenvalue weighted by Gasteiger charge is 2.20. The van der Waals surface area contributed by atoms with E-state index < -0.39 is 41.8 Å². The van der Waals surface area contributed by atoms with Crippen molar-refractivity contribution in [1.82, 2.24) is 9.55 Å². The molecule has 0 atom stereocenters. The van der Waals surface area contributed by atoms with Crippen molar-refractivity contribution in [2.75, 3.05) is 18.9 Å².